The van der Waals surface area contributed by atoms with Crippen molar-refractivity contribution in [3.63, 3.8) is 0 Å². The molecular weight excluding hydrogens is 146 g/mol. The van der Waals surface area contributed by atoms with Gasteiger partial charge in [0.1, 0.15) is 5.15 Å². The Balaban J connectivity index is 3.34. The summed E-state index contributed by atoms with van der Waals surface area (Å²) in [5.74, 6) is 0. The highest BCUT2D eigenvalue weighted by molar-refractivity contribution is 6.30. The highest BCUT2D eigenvalue weighted by Gasteiger charge is 2.00. The minimum atomic E-state index is 0.614. The van der Waals surface area contributed by atoms with Crippen LogP contribution in [0.1, 0.15) is 16.7 Å². The third kappa shape index (κ3) is 1.14. The van der Waals surface area contributed by atoms with Gasteiger partial charge in [-0.1, -0.05) is 11.6 Å². The maximum absolute atomic E-state index is 5.77. The predicted octanol–water partition coefficient (Wildman–Crippen LogP) is 2.66. The van der Waals surface area contributed by atoms with Gasteiger partial charge in [0.25, 0.3) is 0 Å². The molecule has 0 saturated heterocycles. The van der Waals surface area contributed by atoms with Crippen LogP contribution in [0.5, 0.6) is 0 Å². The van der Waals surface area contributed by atoms with E-state index in [0.717, 1.165) is 5.56 Å². The van der Waals surface area contributed by atoms with Crippen molar-refractivity contribution >= 4 is 11.6 Å². The number of hydrogen-bond donors (Lipinski definition) is 0. The Bertz CT molecular complexity index is 229. The predicted molar refractivity (Wildman–Crippen MR) is 43.5 cm³/mol. The minimum absolute atomic E-state index is 0.614. The largest absolute Gasteiger partial charge is 0.244 e. The van der Waals surface area contributed by atoms with Crippen LogP contribution in [0.25, 0.3) is 0 Å². The van der Waals surface area contributed by atoms with Gasteiger partial charge in [-0.2, -0.15) is 0 Å². The summed E-state index contributed by atoms with van der Waals surface area (Å²) >= 11 is 5.77. The smallest absolute Gasteiger partial charge is 0.132 e. The van der Waals surface area contributed by atoms with E-state index in [9.17, 15) is 0 Å². The Morgan fingerprint density at radius 2 is 1.80 bits per heavy atom. The van der Waals surface area contributed by atoms with Crippen LogP contribution in [-0.2, 0) is 0 Å². The first-order chi connectivity index (χ1) is 4.63. The first-order valence-electron chi connectivity index (χ1n) is 3.21. The molecule has 1 heterocycles. The van der Waals surface area contributed by atoms with E-state index in [1.165, 1.54) is 11.1 Å². The lowest BCUT2D eigenvalue weighted by molar-refractivity contribution is 1.16. The Hall–Kier alpha value is -0.560. The number of nitrogens with zero attached hydrogens (tertiary/aromatic N) is 1. The lowest BCUT2D eigenvalue weighted by Crippen LogP contribution is -1.89. The van der Waals surface area contributed by atoms with E-state index in [0.29, 0.717) is 5.15 Å². The van der Waals surface area contributed by atoms with Crippen LogP contribution in [0.2, 0.25) is 5.15 Å². The van der Waals surface area contributed by atoms with Crippen molar-refractivity contribution < 1.29 is 0 Å². The molecule has 0 saturated carbocycles. The molecule has 54 valence electrons. The van der Waals surface area contributed by atoms with Gasteiger partial charge in [0, 0.05) is 6.20 Å². The molecular formula is C8H10ClN. The van der Waals surface area contributed by atoms with Crippen molar-refractivity contribution in [1.29, 1.82) is 0 Å². The van der Waals surface area contributed by atoms with Gasteiger partial charge in [-0.25, -0.2) is 4.98 Å². The monoisotopic (exact) mass is 155 g/mol. The van der Waals surface area contributed by atoms with Crippen molar-refractivity contribution in [2.75, 3.05) is 0 Å². The molecule has 10 heavy (non-hydrogen) atoms. The molecule has 0 N–H and O–H groups in total. The van der Waals surface area contributed by atoms with Crippen molar-refractivity contribution in [1.82, 2.24) is 4.98 Å². The first-order valence-corrected chi connectivity index (χ1v) is 3.59. The zero-order valence-corrected chi connectivity index (χ0v) is 7.16. The fourth-order valence-electron chi connectivity index (χ4n) is 0.798. The van der Waals surface area contributed by atoms with Crippen LogP contribution < -0.4 is 0 Å². The topological polar surface area (TPSA) is 12.9 Å². The van der Waals surface area contributed by atoms with Gasteiger partial charge in [0.15, 0.2) is 0 Å². The molecule has 0 atom stereocenters. The van der Waals surface area contributed by atoms with Crippen LogP contribution in [0, 0.1) is 20.8 Å². The third-order valence-electron chi connectivity index (χ3n) is 1.83. The second kappa shape index (κ2) is 2.59. The molecule has 0 aliphatic carbocycles. The van der Waals surface area contributed by atoms with Crippen LogP contribution in [0.15, 0.2) is 6.20 Å². The molecule has 0 bridgehead atoms. The molecule has 1 nitrogen and oxygen atoms in total. The summed E-state index contributed by atoms with van der Waals surface area (Å²) in [4.78, 5) is 4.00. The Morgan fingerprint density at radius 3 is 2.30 bits per heavy atom. The van der Waals surface area contributed by atoms with Gasteiger partial charge in [0.05, 0.1) is 0 Å². The molecule has 0 amide bonds. The maximum atomic E-state index is 5.77. The van der Waals surface area contributed by atoms with Crippen LogP contribution in [0.3, 0.4) is 0 Å². The summed E-state index contributed by atoms with van der Waals surface area (Å²) in [6.07, 6.45) is 1.80. The first kappa shape index (κ1) is 7.55. The lowest BCUT2D eigenvalue weighted by atomic mass is 10.1. The van der Waals surface area contributed by atoms with Gasteiger partial charge in [-0.05, 0) is 37.5 Å². The quantitative estimate of drug-likeness (QED) is 0.525. The molecule has 0 unspecified atom stereocenters. The Labute approximate surface area is 66.0 Å². The van der Waals surface area contributed by atoms with Crippen molar-refractivity contribution in [3.8, 4) is 0 Å². The van der Waals surface area contributed by atoms with Gasteiger partial charge < -0.3 is 0 Å². The zero-order valence-electron chi connectivity index (χ0n) is 6.40. The van der Waals surface area contributed by atoms with Gasteiger partial charge in [0.2, 0.25) is 0 Å². The highest BCUT2D eigenvalue weighted by Crippen LogP contribution is 2.17. The van der Waals surface area contributed by atoms with Crippen LogP contribution in [-0.4, -0.2) is 4.98 Å². The Kier molecular flexibility index (Phi) is 1.95. The Morgan fingerprint density at radius 1 is 1.20 bits per heavy atom. The summed E-state index contributed by atoms with van der Waals surface area (Å²) in [6.45, 7) is 6.07. The second-order valence-corrected chi connectivity index (χ2v) is 2.84. The summed E-state index contributed by atoms with van der Waals surface area (Å²) < 4.78 is 0. The molecule has 1 rings (SSSR count). The molecule has 0 spiro atoms. The zero-order chi connectivity index (χ0) is 7.72. The summed E-state index contributed by atoms with van der Waals surface area (Å²) in [6, 6.07) is 0. The summed E-state index contributed by atoms with van der Waals surface area (Å²) in [5.41, 5.74) is 3.52. The van der Waals surface area contributed by atoms with Crippen LogP contribution >= 0.6 is 11.6 Å². The van der Waals surface area contributed by atoms with E-state index >= 15 is 0 Å². The van der Waals surface area contributed by atoms with Gasteiger partial charge in [-0.15, -0.1) is 0 Å². The molecule has 1 aromatic heterocycles. The summed E-state index contributed by atoms with van der Waals surface area (Å²) in [5, 5.41) is 0.614. The average molecular weight is 156 g/mol. The van der Waals surface area contributed by atoms with Gasteiger partial charge in [-0.3, -0.25) is 0 Å². The number of aromatic nitrogens is 1. The third-order valence-corrected chi connectivity index (χ3v) is 2.22. The van der Waals surface area contributed by atoms with Crippen molar-refractivity contribution in [2.45, 2.75) is 20.8 Å². The number of hydrogen-bond acceptors (Lipinski definition) is 1. The van der Waals surface area contributed by atoms with Gasteiger partial charge >= 0.3 is 0 Å². The molecule has 0 fully saturated rings. The molecule has 1 aromatic rings. The number of halogens is 1. The lowest BCUT2D eigenvalue weighted by Gasteiger charge is -2.03. The maximum Gasteiger partial charge on any atom is 0.132 e. The average Bonchev–Trinajstić information content (AvgIpc) is 1.93. The SMILES string of the molecule is Cc1cnc(Cl)c(C)c1C. The van der Waals surface area contributed by atoms with E-state index < -0.39 is 0 Å². The molecule has 0 aliphatic heterocycles. The molecule has 0 radical (unpaired) electrons. The summed E-state index contributed by atoms with van der Waals surface area (Å²) in [7, 11) is 0. The minimum Gasteiger partial charge on any atom is -0.244 e. The fraction of sp³-hybridized carbons (Fsp3) is 0.375. The standard InChI is InChI=1S/C8H10ClN/c1-5-4-10-8(9)7(3)6(5)2/h4H,1-3H3. The molecule has 0 aromatic carbocycles. The van der Waals surface area contributed by atoms with Crippen molar-refractivity contribution in [3.05, 3.63) is 28.0 Å². The normalized spacial score (nSPS) is 10.0. The van der Waals surface area contributed by atoms with E-state index in [1.807, 2.05) is 13.8 Å². The fourth-order valence-corrected chi connectivity index (χ4v) is 0.988. The number of rotatable bonds is 0. The van der Waals surface area contributed by atoms with Crippen molar-refractivity contribution in [2.24, 2.45) is 0 Å². The number of pyridine rings is 1. The van der Waals surface area contributed by atoms with E-state index in [1.54, 1.807) is 6.20 Å². The highest BCUT2D eigenvalue weighted by atomic mass is 35.5. The van der Waals surface area contributed by atoms with E-state index in [2.05, 4.69) is 11.9 Å². The van der Waals surface area contributed by atoms with Crippen LogP contribution in [0.4, 0.5) is 0 Å². The second-order valence-electron chi connectivity index (χ2n) is 2.48. The van der Waals surface area contributed by atoms with E-state index in [-0.39, 0.29) is 0 Å². The van der Waals surface area contributed by atoms with E-state index in [4.69, 9.17) is 11.6 Å². The molecule has 2 heteroatoms. The molecule has 0 aliphatic rings. The number of aryl methyl sites for hydroxylation is 1.